The number of anilines is 1. The molecule has 1 heterocycles. The monoisotopic (exact) mass is 290 g/mol. The Morgan fingerprint density at radius 2 is 1.95 bits per heavy atom. The Morgan fingerprint density at radius 1 is 1.19 bits per heavy atom. The first-order chi connectivity index (χ1) is 10.1. The molecule has 2 nitrogen and oxygen atoms in total. The van der Waals surface area contributed by atoms with Gasteiger partial charge in [-0.25, -0.2) is 13.8 Å². The van der Waals surface area contributed by atoms with E-state index in [9.17, 15) is 8.78 Å². The van der Waals surface area contributed by atoms with Crippen molar-refractivity contribution in [3.63, 3.8) is 0 Å². The van der Waals surface area contributed by atoms with E-state index in [1.807, 2.05) is 6.92 Å². The van der Waals surface area contributed by atoms with Crippen molar-refractivity contribution in [3.8, 4) is 0 Å². The van der Waals surface area contributed by atoms with E-state index in [-0.39, 0.29) is 11.3 Å². The molecule has 1 aromatic carbocycles. The summed E-state index contributed by atoms with van der Waals surface area (Å²) >= 11 is 0. The lowest BCUT2D eigenvalue weighted by molar-refractivity contribution is 0.607. The quantitative estimate of drug-likeness (QED) is 0.822. The Morgan fingerprint density at radius 3 is 2.71 bits per heavy atom. The van der Waals surface area contributed by atoms with E-state index >= 15 is 0 Å². The lowest BCUT2D eigenvalue weighted by atomic mass is 9.99. The summed E-state index contributed by atoms with van der Waals surface area (Å²) in [4.78, 5) is 4.47. The second-order valence-electron chi connectivity index (χ2n) is 5.72. The van der Waals surface area contributed by atoms with Crippen molar-refractivity contribution < 1.29 is 8.78 Å². The fraction of sp³-hybridized carbons (Fsp3) is 0.471. The van der Waals surface area contributed by atoms with Gasteiger partial charge in [-0.15, -0.1) is 0 Å². The van der Waals surface area contributed by atoms with E-state index in [0.717, 1.165) is 49.0 Å². The smallest absolute Gasteiger partial charge is 0.149 e. The minimum Gasteiger partial charge on any atom is -0.384 e. The van der Waals surface area contributed by atoms with E-state index in [0.29, 0.717) is 17.5 Å². The van der Waals surface area contributed by atoms with Crippen LogP contribution in [0.15, 0.2) is 6.07 Å². The highest BCUT2D eigenvalue weighted by Gasteiger charge is 2.22. The van der Waals surface area contributed by atoms with Gasteiger partial charge in [-0.05, 0) is 56.7 Å². The van der Waals surface area contributed by atoms with Gasteiger partial charge in [-0.3, -0.25) is 0 Å². The second-order valence-corrected chi connectivity index (χ2v) is 5.72. The fourth-order valence-electron chi connectivity index (χ4n) is 3.20. The van der Waals surface area contributed by atoms with Crippen molar-refractivity contribution in [2.24, 2.45) is 0 Å². The number of pyridine rings is 1. The van der Waals surface area contributed by atoms with Gasteiger partial charge in [-0.2, -0.15) is 0 Å². The molecule has 0 bridgehead atoms. The first-order valence-corrected chi connectivity index (χ1v) is 7.67. The van der Waals surface area contributed by atoms with Crippen molar-refractivity contribution in [2.45, 2.75) is 46.0 Å². The van der Waals surface area contributed by atoms with Crippen molar-refractivity contribution >= 4 is 16.6 Å². The molecule has 0 saturated carbocycles. The minimum atomic E-state index is -0.435. The summed E-state index contributed by atoms with van der Waals surface area (Å²) in [6, 6.07) is 1.24. The molecule has 21 heavy (non-hydrogen) atoms. The van der Waals surface area contributed by atoms with Crippen LogP contribution in [0.3, 0.4) is 0 Å². The summed E-state index contributed by atoms with van der Waals surface area (Å²) in [7, 11) is 0. The molecule has 2 aromatic rings. The maximum Gasteiger partial charge on any atom is 0.149 e. The fourth-order valence-corrected chi connectivity index (χ4v) is 3.20. The highest BCUT2D eigenvalue weighted by molar-refractivity contribution is 5.95. The van der Waals surface area contributed by atoms with Gasteiger partial charge in [0, 0.05) is 12.2 Å². The predicted molar refractivity (Wildman–Crippen MR) is 81.8 cm³/mol. The van der Waals surface area contributed by atoms with Crippen LogP contribution in [0.2, 0.25) is 0 Å². The SMILES string of the molecule is CCNc1c2c(nc3c(F)cc(C)c(F)c13)CCCCC2. The summed E-state index contributed by atoms with van der Waals surface area (Å²) in [5, 5.41) is 3.57. The number of fused-ring (bicyclic) bond motifs is 2. The Bertz CT molecular complexity index is 695. The zero-order valence-electron chi connectivity index (χ0n) is 12.5. The lowest BCUT2D eigenvalue weighted by Crippen LogP contribution is -2.09. The van der Waals surface area contributed by atoms with Gasteiger partial charge in [0.15, 0.2) is 0 Å². The first kappa shape index (κ1) is 14.2. The summed E-state index contributed by atoms with van der Waals surface area (Å²) in [6.07, 6.45) is 5.01. The van der Waals surface area contributed by atoms with Gasteiger partial charge >= 0.3 is 0 Å². The standard InChI is InChI=1S/C17H20F2N2/c1-3-20-16-11-7-5-4-6-8-13(11)21-17-12(18)9-10(2)15(19)14(16)17/h9H,3-8H2,1-2H3,(H,20,21). The van der Waals surface area contributed by atoms with Crippen LogP contribution >= 0.6 is 0 Å². The van der Waals surface area contributed by atoms with E-state index in [1.54, 1.807) is 6.92 Å². The molecular formula is C17H20F2N2. The van der Waals surface area contributed by atoms with Gasteiger partial charge in [0.1, 0.15) is 17.2 Å². The van der Waals surface area contributed by atoms with Crippen LogP contribution in [0, 0.1) is 18.6 Å². The molecule has 0 radical (unpaired) electrons. The summed E-state index contributed by atoms with van der Waals surface area (Å²) in [5.41, 5.74) is 3.24. The Kier molecular flexibility index (Phi) is 3.79. The van der Waals surface area contributed by atoms with E-state index in [1.165, 1.54) is 6.07 Å². The van der Waals surface area contributed by atoms with Gasteiger partial charge < -0.3 is 5.32 Å². The average molecular weight is 290 g/mol. The summed E-state index contributed by atoms with van der Waals surface area (Å²) < 4.78 is 28.8. The number of rotatable bonds is 2. The van der Waals surface area contributed by atoms with Crippen LogP contribution in [0.25, 0.3) is 10.9 Å². The van der Waals surface area contributed by atoms with E-state index < -0.39 is 5.82 Å². The molecule has 3 rings (SSSR count). The second kappa shape index (κ2) is 5.58. The number of benzene rings is 1. The third-order valence-corrected chi connectivity index (χ3v) is 4.21. The molecule has 0 aliphatic heterocycles. The molecule has 1 N–H and O–H groups in total. The van der Waals surface area contributed by atoms with Gasteiger partial charge in [0.25, 0.3) is 0 Å². The van der Waals surface area contributed by atoms with Crippen molar-refractivity contribution in [3.05, 3.63) is 34.5 Å². The number of nitrogens with one attached hydrogen (secondary N) is 1. The highest BCUT2D eigenvalue weighted by atomic mass is 19.1. The lowest BCUT2D eigenvalue weighted by Gasteiger charge is -2.18. The number of nitrogens with zero attached hydrogens (tertiary/aromatic N) is 1. The number of hydrogen-bond donors (Lipinski definition) is 1. The van der Waals surface area contributed by atoms with Crippen LogP contribution in [0.5, 0.6) is 0 Å². The topological polar surface area (TPSA) is 24.9 Å². The van der Waals surface area contributed by atoms with Crippen molar-refractivity contribution in [1.82, 2.24) is 4.98 Å². The Hall–Kier alpha value is -1.71. The molecule has 0 atom stereocenters. The molecular weight excluding hydrogens is 270 g/mol. The van der Waals surface area contributed by atoms with Crippen LogP contribution in [-0.2, 0) is 12.8 Å². The molecule has 1 aromatic heterocycles. The summed E-state index contributed by atoms with van der Waals surface area (Å²) in [6.45, 7) is 4.25. The number of aromatic nitrogens is 1. The van der Waals surface area contributed by atoms with E-state index in [2.05, 4.69) is 10.3 Å². The van der Waals surface area contributed by atoms with Crippen molar-refractivity contribution in [2.75, 3.05) is 11.9 Å². The third-order valence-electron chi connectivity index (χ3n) is 4.21. The van der Waals surface area contributed by atoms with Crippen LogP contribution < -0.4 is 5.32 Å². The minimum absolute atomic E-state index is 0.162. The average Bonchev–Trinajstić information content (AvgIpc) is 2.70. The first-order valence-electron chi connectivity index (χ1n) is 7.67. The summed E-state index contributed by atoms with van der Waals surface area (Å²) in [5.74, 6) is -0.794. The normalized spacial score (nSPS) is 14.9. The molecule has 1 aliphatic carbocycles. The number of aryl methyl sites for hydroxylation is 2. The molecule has 1 aliphatic rings. The molecule has 0 unspecified atom stereocenters. The molecule has 112 valence electrons. The maximum atomic E-state index is 14.6. The van der Waals surface area contributed by atoms with Crippen LogP contribution in [0.1, 0.15) is 43.0 Å². The number of hydrogen-bond acceptors (Lipinski definition) is 2. The van der Waals surface area contributed by atoms with E-state index in [4.69, 9.17) is 0 Å². The largest absolute Gasteiger partial charge is 0.384 e. The molecule has 0 spiro atoms. The molecule has 0 amide bonds. The van der Waals surface area contributed by atoms with Crippen molar-refractivity contribution in [1.29, 1.82) is 0 Å². The van der Waals surface area contributed by atoms with Crippen LogP contribution in [0.4, 0.5) is 14.5 Å². The van der Waals surface area contributed by atoms with Gasteiger partial charge in [0.05, 0.1) is 11.1 Å². The Balaban J connectivity index is 2.40. The van der Waals surface area contributed by atoms with Gasteiger partial charge in [0.2, 0.25) is 0 Å². The third kappa shape index (κ3) is 2.37. The molecule has 0 saturated heterocycles. The highest BCUT2D eigenvalue weighted by Crippen LogP contribution is 2.36. The zero-order valence-corrected chi connectivity index (χ0v) is 12.5. The maximum absolute atomic E-state index is 14.6. The molecule has 0 fully saturated rings. The Labute approximate surface area is 123 Å². The zero-order chi connectivity index (χ0) is 15.0. The van der Waals surface area contributed by atoms with Crippen LogP contribution in [-0.4, -0.2) is 11.5 Å². The molecule has 4 heteroatoms. The predicted octanol–water partition coefficient (Wildman–Crippen LogP) is 4.52. The van der Waals surface area contributed by atoms with Gasteiger partial charge in [-0.1, -0.05) is 6.42 Å². The number of halogens is 2.